The summed E-state index contributed by atoms with van der Waals surface area (Å²) in [6, 6.07) is 9.39. The van der Waals surface area contributed by atoms with Gasteiger partial charge in [-0.2, -0.15) is 0 Å². The molecule has 0 bridgehead atoms. The van der Waals surface area contributed by atoms with Crippen LogP contribution in [0.2, 0.25) is 0 Å². The zero-order chi connectivity index (χ0) is 22.9. The van der Waals surface area contributed by atoms with Crippen LogP contribution in [-0.2, 0) is 22.6 Å². The molecule has 33 heavy (non-hydrogen) atoms. The van der Waals surface area contributed by atoms with E-state index in [0.29, 0.717) is 24.2 Å². The number of nitrogens with zero attached hydrogens (tertiary/aromatic N) is 3. The standard InChI is InChI=1S/C25H43N5O2.HI/c1-19(2)24(30-10-12-31-13-11-30)15-28-25(26-5)27-14-22-6-8-23(9-7-22)18-29-16-20(3)32-21(4)17-29;/h6-9,19-21,24H,10-18H2,1-5H3,(H2,26,27,28);1H. The number of halogens is 1. The first-order valence-corrected chi connectivity index (χ1v) is 12.2. The van der Waals surface area contributed by atoms with E-state index in [1.165, 1.54) is 11.1 Å². The predicted molar refractivity (Wildman–Crippen MR) is 146 cm³/mol. The second kappa shape index (κ2) is 14.5. The van der Waals surface area contributed by atoms with Gasteiger partial charge in [-0.25, -0.2) is 0 Å². The SMILES string of the molecule is CN=C(NCc1ccc(CN2CC(C)OC(C)C2)cc1)NCC(C(C)C)N1CCOCC1.I. The molecule has 0 radical (unpaired) electrons. The summed E-state index contributed by atoms with van der Waals surface area (Å²) in [6.07, 6.45) is 0.611. The first kappa shape index (κ1) is 28.3. The van der Waals surface area contributed by atoms with Gasteiger partial charge in [0.25, 0.3) is 0 Å². The molecule has 2 N–H and O–H groups in total. The number of hydrogen-bond acceptors (Lipinski definition) is 5. The summed E-state index contributed by atoms with van der Waals surface area (Å²) >= 11 is 0. The van der Waals surface area contributed by atoms with Crippen LogP contribution in [0.5, 0.6) is 0 Å². The van der Waals surface area contributed by atoms with E-state index in [-0.39, 0.29) is 24.0 Å². The van der Waals surface area contributed by atoms with Gasteiger partial charge in [-0.3, -0.25) is 14.8 Å². The van der Waals surface area contributed by atoms with Crippen LogP contribution in [0.15, 0.2) is 29.3 Å². The van der Waals surface area contributed by atoms with Crippen molar-refractivity contribution in [2.24, 2.45) is 10.9 Å². The first-order valence-electron chi connectivity index (χ1n) is 12.2. The van der Waals surface area contributed by atoms with E-state index < -0.39 is 0 Å². The van der Waals surface area contributed by atoms with Crippen LogP contribution in [0.3, 0.4) is 0 Å². The van der Waals surface area contributed by atoms with Crippen LogP contribution < -0.4 is 10.6 Å². The van der Waals surface area contributed by atoms with Crippen molar-refractivity contribution in [1.82, 2.24) is 20.4 Å². The largest absolute Gasteiger partial charge is 0.379 e. The summed E-state index contributed by atoms with van der Waals surface area (Å²) < 4.78 is 11.4. The minimum Gasteiger partial charge on any atom is -0.379 e. The number of nitrogens with one attached hydrogen (secondary N) is 2. The molecule has 0 amide bonds. The lowest BCUT2D eigenvalue weighted by molar-refractivity contribution is -0.0704. The number of rotatable bonds is 8. The van der Waals surface area contributed by atoms with Crippen LogP contribution in [0.4, 0.5) is 0 Å². The maximum absolute atomic E-state index is 5.84. The Labute approximate surface area is 217 Å². The van der Waals surface area contributed by atoms with Gasteiger partial charge in [0, 0.05) is 58.9 Å². The third kappa shape index (κ3) is 9.32. The summed E-state index contributed by atoms with van der Waals surface area (Å²) in [5.41, 5.74) is 2.61. The van der Waals surface area contributed by atoms with Crippen molar-refractivity contribution in [1.29, 1.82) is 0 Å². The Balaban J connectivity index is 0.00000385. The molecule has 1 aromatic carbocycles. The number of ether oxygens (including phenoxy) is 2. The van der Waals surface area contributed by atoms with Crippen molar-refractivity contribution in [3.05, 3.63) is 35.4 Å². The normalized spacial score (nSPS) is 23.8. The highest BCUT2D eigenvalue weighted by atomic mass is 127. The van der Waals surface area contributed by atoms with Gasteiger partial charge < -0.3 is 20.1 Å². The molecular formula is C25H44IN5O2. The number of hydrogen-bond donors (Lipinski definition) is 2. The number of benzene rings is 1. The Kier molecular flexibility index (Phi) is 12.4. The van der Waals surface area contributed by atoms with Gasteiger partial charge in [-0.05, 0) is 30.9 Å². The zero-order valence-corrected chi connectivity index (χ0v) is 23.4. The van der Waals surface area contributed by atoms with Crippen LogP contribution in [-0.4, -0.2) is 87.0 Å². The molecule has 2 heterocycles. The molecule has 2 aliphatic rings. The highest BCUT2D eigenvalue weighted by Gasteiger charge is 2.24. The molecule has 0 aliphatic carbocycles. The van der Waals surface area contributed by atoms with Crippen molar-refractivity contribution in [2.45, 2.75) is 59.0 Å². The minimum absolute atomic E-state index is 0. The van der Waals surface area contributed by atoms with E-state index in [1.807, 2.05) is 7.05 Å². The van der Waals surface area contributed by atoms with Crippen molar-refractivity contribution in [3.63, 3.8) is 0 Å². The number of guanidine groups is 1. The maximum atomic E-state index is 5.84. The van der Waals surface area contributed by atoms with Gasteiger partial charge in [0.05, 0.1) is 25.4 Å². The van der Waals surface area contributed by atoms with Crippen molar-refractivity contribution in [3.8, 4) is 0 Å². The van der Waals surface area contributed by atoms with Crippen LogP contribution in [0.1, 0.15) is 38.8 Å². The molecule has 8 heteroatoms. The first-order chi connectivity index (χ1) is 15.4. The number of aliphatic imine (C=N–C) groups is 1. The minimum atomic E-state index is 0. The Morgan fingerprint density at radius 3 is 2.21 bits per heavy atom. The summed E-state index contributed by atoms with van der Waals surface area (Å²) in [7, 11) is 1.84. The zero-order valence-electron chi connectivity index (χ0n) is 21.0. The van der Waals surface area contributed by atoms with Gasteiger partial charge >= 0.3 is 0 Å². The summed E-state index contributed by atoms with van der Waals surface area (Å²) in [5, 5.41) is 6.99. The highest BCUT2D eigenvalue weighted by Crippen LogP contribution is 2.15. The molecule has 188 valence electrons. The summed E-state index contributed by atoms with van der Waals surface area (Å²) in [5.74, 6) is 1.42. The average Bonchev–Trinajstić information content (AvgIpc) is 2.77. The van der Waals surface area contributed by atoms with Gasteiger partial charge in [0.1, 0.15) is 0 Å². The summed E-state index contributed by atoms with van der Waals surface area (Å²) in [6.45, 7) is 17.2. The number of morpholine rings is 2. The van der Waals surface area contributed by atoms with Gasteiger partial charge in [-0.15, -0.1) is 24.0 Å². The van der Waals surface area contributed by atoms with Crippen molar-refractivity contribution in [2.75, 3.05) is 53.0 Å². The quantitative estimate of drug-likeness (QED) is 0.284. The van der Waals surface area contributed by atoms with E-state index in [2.05, 4.69) is 77.4 Å². The molecule has 7 nitrogen and oxygen atoms in total. The fraction of sp³-hybridized carbons (Fsp3) is 0.720. The molecule has 0 saturated carbocycles. The second-order valence-corrected chi connectivity index (χ2v) is 9.53. The lowest BCUT2D eigenvalue weighted by Gasteiger charge is -2.37. The monoisotopic (exact) mass is 573 g/mol. The van der Waals surface area contributed by atoms with Gasteiger partial charge in [0.15, 0.2) is 5.96 Å². The predicted octanol–water partition coefficient (Wildman–Crippen LogP) is 2.94. The van der Waals surface area contributed by atoms with E-state index in [1.54, 1.807) is 0 Å². The molecule has 3 unspecified atom stereocenters. The van der Waals surface area contributed by atoms with E-state index in [4.69, 9.17) is 9.47 Å². The van der Waals surface area contributed by atoms with Gasteiger partial charge in [-0.1, -0.05) is 38.1 Å². The molecule has 3 rings (SSSR count). The Hall–Kier alpha value is -0.940. The van der Waals surface area contributed by atoms with Crippen LogP contribution in [0, 0.1) is 5.92 Å². The molecule has 3 atom stereocenters. The van der Waals surface area contributed by atoms with Crippen LogP contribution in [0.25, 0.3) is 0 Å². The Morgan fingerprint density at radius 1 is 1.03 bits per heavy atom. The second-order valence-electron chi connectivity index (χ2n) is 9.53. The molecule has 1 aromatic rings. The Bertz CT molecular complexity index is 699. The Morgan fingerprint density at radius 2 is 1.64 bits per heavy atom. The summed E-state index contributed by atoms with van der Waals surface area (Å²) in [4.78, 5) is 9.44. The van der Waals surface area contributed by atoms with Crippen molar-refractivity contribution >= 4 is 29.9 Å². The van der Waals surface area contributed by atoms with Gasteiger partial charge in [0.2, 0.25) is 0 Å². The topological polar surface area (TPSA) is 61.4 Å². The third-order valence-corrected chi connectivity index (χ3v) is 6.37. The smallest absolute Gasteiger partial charge is 0.191 e. The highest BCUT2D eigenvalue weighted by molar-refractivity contribution is 14.0. The van der Waals surface area contributed by atoms with E-state index in [0.717, 1.165) is 65.0 Å². The molecule has 2 saturated heterocycles. The molecule has 2 fully saturated rings. The lowest BCUT2D eigenvalue weighted by Crippen LogP contribution is -2.52. The molecular weight excluding hydrogens is 529 g/mol. The maximum Gasteiger partial charge on any atom is 0.191 e. The van der Waals surface area contributed by atoms with E-state index >= 15 is 0 Å². The molecule has 0 aromatic heterocycles. The van der Waals surface area contributed by atoms with Crippen LogP contribution >= 0.6 is 24.0 Å². The molecule has 2 aliphatic heterocycles. The molecule has 0 spiro atoms. The fourth-order valence-electron chi connectivity index (χ4n) is 4.74. The average molecular weight is 574 g/mol. The third-order valence-electron chi connectivity index (χ3n) is 6.37. The lowest BCUT2D eigenvalue weighted by atomic mass is 10.0. The van der Waals surface area contributed by atoms with E-state index in [9.17, 15) is 0 Å². The fourth-order valence-corrected chi connectivity index (χ4v) is 4.74. The van der Waals surface area contributed by atoms with Crippen molar-refractivity contribution < 1.29 is 9.47 Å².